The molecule has 0 saturated carbocycles. The van der Waals surface area contributed by atoms with Gasteiger partial charge < -0.3 is 0 Å². The summed E-state index contributed by atoms with van der Waals surface area (Å²) in [5.74, 6) is 6.19. The van der Waals surface area contributed by atoms with Crippen molar-refractivity contribution in [3.05, 3.63) is 52.8 Å². The highest BCUT2D eigenvalue weighted by Crippen LogP contribution is 2.09. The van der Waals surface area contributed by atoms with Crippen LogP contribution in [0.4, 0.5) is 0 Å². The molecular weight excluding hydrogens is 236 g/mol. The van der Waals surface area contributed by atoms with Crippen LogP contribution in [0.25, 0.3) is 6.08 Å². The van der Waals surface area contributed by atoms with Gasteiger partial charge in [0.05, 0.1) is 0 Å². The third kappa shape index (κ3) is 7.70. The Hall–Kier alpha value is -1.52. The van der Waals surface area contributed by atoms with Crippen molar-refractivity contribution in [3.8, 4) is 11.8 Å². The topological polar surface area (TPSA) is 0 Å². The third-order valence-corrected chi connectivity index (χ3v) is 3.16. The van der Waals surface area contributed by atoms with Gasteiger partial charge in [0.25, 0.3) is 0 Å². The first-order valence-corrected chi connectivity index (χ1v) is 7.33. The molecule has 1 aromatic heterocycles. The molecule has 0 aliphatic carbocycles. The van der Waals surface area contributed by atoms with E-state index in [2.05, 4.69) is 42.4 Å². The molecule has 0 aliphatic heterocycles. The van der Waals surface area contributed by atoms with E-state index in [0.717, 1.165) is 6.42 Å². The van der Waals surface area contributed by atoms with Gasteiger partial charge in [0.2, 0.25) is 0 Å². The standard InChI is InChI=1S/C17H20S/c1-2-3-4-5-6-7-8-9-10-11-12-14-17-15-13-16-18-17/h8-16H,2-5H2,1H3/b9-8-,11-10+,14-12+. The second kappa shape index (κ2) is 10.6. The number of rotatable bonds is 6. The highest BCUT2D eigenvalue weighted by atomic mass is 32.1. The lowest BCUT2D eigenvalue weighted by molar-refractivity contribution is 0.737. The molecule has 1 aromatic rings. The van der Waals surface area contributed by atoms with Crippen LogP contribution in [-0.4, -0.2) is 0 Å². The van der Waals surface area contributed by atoms with E-state index in [1.54, 1.807) is 11.3 Å². The number of thiophene rings is 1. The number of unbranched alkanes of at least 4 members (excludes halogenated alkanes) is 3. The van der Waals surface area contributed by atoms with Crippen molar-refractivity contribution < 1.29 is 0 Å². The fraction of sp³-hybridized carbons (Fsp3) is 0.294. The molecule has 1 heterocycles. The molecule has 1 rings (SSSR count). The maximum atomic E-state index is 3.15. The van der Waals surface area contributed by atoms with Crippen molar-refractivity contribution in [2.75, 3.05) is 0 Å². The Morgan fingerprint density at radius 2 is 2.06 bits per heavy atom. The lowest BCUT2D eigenvalue weighted by atomic mass is 10.2. The minimum absolute atomic E-state index is 1.01. The zero-order valence-electron chi connectivity index (χ0n) is 10.9. The molecule has 1 heteroatoms. The fourth-order valence-electron chi connectivity index (χ4n) is 1.36. The lowest BCUT2D eigenvalue weighted by Gasteiger charge is -1.87. The largest absolute Gasteiger partial charge is 0.144 e. The first-order chi connectivity index (χ1) is 8.93. The van der Waals surface area contributed by atoms with Gasteiger partial charge in [-0.15, -0.1) is 11.3 Å². The monoisotopic (exact) mass is 256 g/mol. The van der Waals surface area contributed by atoms with Gasteiger partial charge in [-0.3, -0.25) is 0 Å². The molecule has 0 bridgehead atoms. The summed E-state index contributed by atoms with van der Waals surface area (Å²) < 4.78 is 0. The minimum Gasteiger partial charge on any atom is -0.144 e. The summed E-state index contributed by atoms with van der Waals surface area (Å²) in [5, 5.41) is 2.08. The van der Waals surface area contributed by atoms with Gasteiger partial charge in [-0.25, -0.2) is 0 Å². The van der Waals surface area contributed by atoms with E-state index in [0.29, 0.717) is 0 Å². The Kier molecular flexibility index (Phi) is 8.58. The number of hydrogen-bond acceptors (Lipinski definition) is 1. The summed E-state index contributed by atoms with van der Waals surface area (Å²) in [6.07, 6.45) is 16.8. The Morgan fingerprint density at radius 3 is 2.83 bits per heavy atom. The number of hydrogen-bond donors (Lipinski definition) is 0. The first kappa shape index (κ1) is 14.5. The van der Waals surface area contributed by atoms with E-state index < -0.39 is 0 Å². The zero-order chi connectivity index (χ0) is 12.9. The smallest absolute Gasteiger partial charge is 0.0270 e. The van der Waals surface area contributed by atoms with E-state index >= 15 is 0 Å². The summed E-state index contributed by atoms with van der Waals surface area (Å²) in [6.45, 7) is 2.21. The van der Waals surface area contributed by atoms with Crippen molar-refractivity contribution in [1.29, 1.82) is 0 Å². The molecule has 0 saturated heterocycles. The summed E-state index contributed by atoms with van der Waals surface area (Å²) in [5.41, 5.74) is 0. The maximum absolute atomic E-state index is 3.15. The third-order valence-electron chi connectivity index (χ3n) is 2.32. The summed E-state index contributed by atoms with van der Waals surface area (Å²) >= 11 is 1.74. The Bertz CT molecular complexity index is 436. The van der Waals surface area contributed by atoms with Crippen molar-refractivity contribution >= 4 is 17.4 Å². The molecule has 0 N–H and O–H groups in total. The van der Waals surface area contributed by atoms with E-state index in [1.165, 1.54) is 24.1 Å². The van der Waals surface area contributed by atoms with Crippen molar-refractivity contribution in [3.63, 3.8) is 0 Å². The van der Waals surface area contributed by atoms with Crippen LogP contribution in [-0.2, 0) is 0 Å². The summed E-state index contributed by atoms with van der Waals surface area (Å²) in [7, 11) is 0. The SMILES string of the molecule is CCCCCC#C\C=C/C=C/C=C/c1cccs1. The minimum atomic E-state index is 1.01. The van der Waals surface area contributed by atoms with Crippen LogP contribution in [0.5, 0.6) is 0 Å². The van der Waals surface area contributed by atoms with E-state index in [4.69, 9.17) is 0 Å². The van der Waals surface area contributed by atoms with Gasteiger partial charge in [0, 0.05) is 11.3 Å². The van der Waals surface area contributed by atoms with E-state index in [9.17, 15) is 0 Å². The second-order valence-electron chi connectivity index (χ2n) is 3.90. The van der Waals surface area contributed by atoms with Gasteiger partial charge >= 0.3 is 0 Å². The molecule has 0 atom stereocenters. The van der Waals surface area contributed by atoms with Crippen LogP contribution in [0.1, 0.15) is 37.5 Å². The van der Waals surface area contributed by atoms with Crippen molar-refractivity contribution in [2.24, 2.45) is 0 Å². The quantitative estimate of drug-likeness (QED) is 0.360. The molecule has 0 fully saturated rings. The van der Waals surface area contributed by atoms with Crippen molar-refractivity contribution in [1.82, 2.24) is 0 Å². The molecule has 0 amide bonds. The predicted molar refractivity (Wildman–Crippen MR) is 83.6 cm³/mol. The average Bonchev–Trinajstić information content (AvgIpc) is 2.89. The molecule has 0 aliphatic rings. The summed E-state index contributed by atoms with van der Waals surface area (Å²) in [6, 6.07) is 4.16. The Morgan fingerprint density at radius 1 is 1.17 bits per heavy atom. The van der Waals surface area contributed by atoms with E-state index in [1.807, 2.05) is 30.4 Å². The van der Waals surface area contributed by atoms with Crippen LogP contribution in [0.2, 0.25) is 0 Å². The van der Waals surface area contributed by atoms with Gasteiger partial charge in [-0.05, 0) is 30.0 Å². The molecular formula is C17H20S. The van der Waals surface area contributed by atoms with Crippen molar-refractivity contribution in [2.45, 2.75) is 32.6 Å². The second-order valence-corrected chi connectivity index (χ2v) is 4.88. The molecule has 0 unspecified atom stereocenters. The van der Waals surface area contributed by atoms with E-state index in [-0.39, 0.29) is 0 Å². The van der Waals surface area contributed by atoms with Crippen LogP contribution >= 0.6 is 11.3 Å². The highest BCUT2D eigenvalue weighted by molar-refractivity contribution is 7.10. The molecule has 0 spiro atoms. The van der Waals surface area contributed by atoms with Crippen LogP contribution in [0.3, 0.4) is 0 Å². The zero-order valence-corrected chi connectivity index (χ0v) is 11.7. The number of allylic oxidation sites excluding steroid dienone is 5. The maximum Gasteiger partial charge on any atom is 0.0270 e. The lowest BCUT2D eigenvalue weighted by Crippen LogP contribution is -1.70. The normalized spacial score (nSPS) is 11.4. The summed E-state index contributed by atoms with van der Waals surface area (Å²) in [4.78, 5) is 1.28. The average molecular weight is 256 g/mol. The molecule has 0 nitrogen and oxygen atoms in total. The van der Waals surface area contributed by atoms with Gasteiger partial charge in [-0.2, -0.15) is 0 Å². The van der Waals surface area contributed by atoms with Gasteiger partial charge in [0.15, 0.2) is 0 Å². The van der Waals surface area contributed by atoms with Gasteiger partial charge in [-0.1, -0.05) is 62.0 Å². The predicted octanol–water partition coefficient (Wildman–Crippen LogP) is 5.46. The molecule has 0 radical (unpaired) electrons. The Balaban J connectivity index is 2.15. The fourth-order valence-corrected chi connectivity index (χ4v) is 1.99. The first-order valence-electron chi connectivity index (χ1n) is 6.45. The van der Waals surface area contributed by atoms with Crippen LogP contribution in [0, 0.1) is 11.8 Å². The van der Waals surface area contributed by atoms with Gasteiger partial charge in [0.1, 0.15) is 0 Å². The van der Waals surface area contributed by atoms with Crippen LogP contribution < -0.4 is 0 Å². The molecule has 94 valence electrons. The highest BCUT2D eigenvalue weighted by Gasteiger charge is 1.81. The molecule has 0 aromatic carbocycles. The Labute approximate surface area is 115 Å². The molecule has 18 heavy (non-hydrogen) atoms. The van der Waals surface area contributed by atoms with Crippen LogP contribution in [0.15, 0.2) is 47.9 Å².